The van der Waals surface area contributed by atoms with Gasteiger partial charge in [0.25, 0.3) is 0 Å². The number of aliphatic hydroxyl groups excluding tert-OH is 1. The van der Waals surface area contributed by atoms with Gasteiger partial charge in [0.15, 0.2) is 0 Å². The number of carbonyl (C=O) groups excluding carboxylic acids is 1. The molecular weight excluding hydrogens is 134 g/mol. The monoisotopic (exact) mass is 145 g/mol. The molecule has 0 amide bonds. The number of nitrogens with two attached hydrogens (primary N) is 1. The van der Waals surface area contributed by atoms with Crippen LogP contribution in [-0.2, 0) is 9.53 Å². The lowest BCUT2D eigenvalue weighted by atomic mass is 10.3. The van der Waals surface area contributed by atoms with E-state index < -0.39 is 18.6 Å². The maximum Gasteiger partial charge on any atom is 0.325 e. The zero-order chi connectivity index (χ0) is 7.98. The van der Waals surface area contributed by atoms with Crippen molar-refractivity contribution in [1.29, 1.82) is 0 Å². The minimum atomic E-state index is -0.931. The Kier molecular flexibility index (Phi) is 4.53. The molecule has 4 nitrogen and oxygen atoms in total. The summed E-state index contributed by atoms with van der Waals surface area (Å²) in [5.74, 6) is -0.609. The first kappa shape index (κ1) is 9.13. The summed E-state index contributed by atoms with van der Waals surface area (Å²) in [6, 6.07) is -0.931. The van der Waals surface area contributed by atoms with E-state index in [2.05, 4.69) is 11.3 Å². The van der Waals surface area contributed by atoms with Crippen molar-refractivity contribution >= 4 is 5.97 Å². The fraction of sp³-hybridized carbons (Fsp3) is 0.500. The molecule has 0 bridgehead atoms. The molecule has 0 aromatic heterocycles. The van der Waals surface area contributed by atoms with Crippen LogP contribution in [0.5, 0.6) is 0 Å². The number of rotatable bonds is 4. The molecular formula is C6H11NO3. The maximum atomic E-state index is 10.6. The normalized spacial score (nSPS) is 12.2. The third-order valence-corrected chi connectivity index (χ3v) is 0.843. The second-order valence-electron chi connectivity index (χ2n) is 1.71. The molecule has 0 heterocycles. The van der Waals surface area contributed by atoms with Gasteiger partial charge in [-0.05, 0) is 0 Å². The molecule has 0 aliphatic rings. The molecule has 0 saturated heterocycles. The van der Waals surface area contributed by atoms with Crippen LogP contribution in [0.4, 0.5) is 0 Å². The van der Waals surface area contributed by atoms with Crippen molar-refractivity contribution in [2.75, 3.05) is 13.2 Å². The van der Waals surface area contributed by atoms with Gasteiger partial charge in [-0.3, -0.25) is 4.79 Å². The highest BCUT2D eigenvalue weighted by atomic mass is 16.5. The van der Waals surface area contributed by atoms with Crippen LogP contribution in [0.2, 0.25) is 0 Å². The van der Waals surface area contributed by atoms with Crippen LogP contribution < -0.4 is 5.73 Å². The SMILES string of the molecule is C=CCOC(=O)C(N)CO. The van der Waals surface area contributed by atoms with E-state index in [1.807, 2.05) is 0 Å². The Morgan fingerprint density at radius 2 is 2.50 bits per heavy atom. The van der Waals surface area contributed by atoms with E-state index in [0.29, 0.717) is 0 Å². The lowest BCUT2D eigenvalue weighted by Crippen LogP contribution is -2.35. The van der Waals surface area contributed by atoms with Gasteiger partial charge in [0.2, 0.25) is 0 Å². The van der Waals surface area contributed by atoms with E-state index in [1.54, 1.807) is 0 Å². The van der Waals surface area contributed by atoms with Crippen molar-refractivity contribution in [2.24, 2.45) is 5.73 Å². The fourth-order valence-corrected chi connectivity index (χ4v) is 0.323. The summed E-state index contributed by atoms with van der Waals surface area (Å²) in [5, 5.41) is 8.35. The topological polar surface area (TPSA) is 72.5 Å². The number of carbonyl (C=O) groups is 1. The van der Waals surface area contributed by atoms with Crippen LogP contribution in [0.3, 0.4) is 0 Å². The smallest absolute Gasteiger partial charge is 0.325 e. The number of hydrogen-bond acceptors (Lipinski definition) is 4. The highest BCUT2D eigenvalue weighted by Crippen LogP contribution is 1.83. The lowest BCUT2D eigenvalue weighted by molar-refractivity contribution is -0.144. The van der Waals surface area contributed by atoms with Crippen molar-refractivity contribution in [3.8, 4) is 0 Å². The Morgan fingerprint density at radius 1 is 1.90 bits per heavy atom. The number of hydrogen-bond donors (Lipinski definition) is 2. The van der Waals surface area contributed by atoms with Gasteiger partial charge in [-0.25, -0.2) is 0 Å². The van der Waals surface area contributed by atoms with E-state index in [4.69, 9.17) is 10.8 Å². The van der Waals surface area contributed by atoms with E-state index >= 15 is 0 Å². The van der Waals surface area contributed by atoms with Gasteiger partial charge in [0.05, 0.1) is 6.61 Å². The quantitative estimate of drug-likeness (QED) is 0.394. The van der Waals surface area contributed by atoms with Gasteiger partial charge in [0.1, 0.15) is 12.6 Å². The highest BCUT2D eigenvalue weighted by Gasteiger charge is 2.11. The predicted molar refractivity (Wildman–Crippen MR) is 36.2 cm³/mol. The zero-order valence-corrected chi connectivity index (χ0v) is 5.62. The molecule has 0 aromatic carbocycles. The van der Waals surface area contributed by atoms with Crippen molar-refractivity contribution in [3.63, 3.8) is 0 Å². The molecule has 0 fully saturated rings. The van der Waals surface area contributed by atoms with E-state index in [1.165, 1.54) is 6.08 Å². The summed E-state index contributed by atoms with van der Waals surface area (Å²) >= 11 is 0. The molecule has 0 aliphatic heterocycles. The van der Waals surface area contributed by atoms with Gasteiger partial charge in [-0.2, -0.15) is 0 Å². The third-order valence-electron chi connectivity index (χ3n) is 0.843. The molecule has 0 radical (unpaired) electrons. The molecule has 0 rings (SSSR count). The average molecular weight is 145 g/mol. The minimum Gasteiger partial charge on any atom is -0.460 e. The van der Waals surface area contributed by atoms with Crippen LogP contribution in [0.25, 0.3) is 0 Å². The first-order valence-electron chi connectivity index (χ1n) is 2.86. The van der Waals surface area contributed by atoms with Crippen LogP contribution in [-0.4, -0.2) is 30.3 Å². The molecule has 0 saturated carbocycles. The van der Waals surface area contributed by atoms with Crippen LogP contribution in [0.1, 0.15) is 0 Å². The largest absolute Gasteiger partial charge is 0.460 e. The van der Waals surface area contributed by atoms with Gasteiger partial charge in [-0.1, -0.05) is 12.7 Å². The molecule has 3 N–H and O–H groups in total. The maximum absolute atomic E-state index is 10.6. The first-order chi connectivity index (χ1) is 4.72. The number of ether oxygens (including phenoxy) is 1. The lowest BCUT2D eigenvalue weighted by Gasteiger charge is -2.05. The molecule has 1 atom stereocenters. The van der Waals surface area contributed by atoms with Gasteiger partial charge < -0.3 is 15.6 Å². The Bertz CT molecular complexity index is 124. The molecule has 0 aliphatic carbocycles. The van der Waals surface area contributed by atoms with Crippen molar-refractivity contribution in [3.05, 3.63) is 12.7 Å². The second-order valence-corrected chi connectivity index (χ2v) is 1.71. The molecule has 58 valence electrons. The number of esters is 1. The predicted octanol–water partition coefficient (Wildman–Crippen LogP) is -0.965. The van der Waals surface area contributed by atoms with Crippen LogP contribution in [0.15, 0.2) is 12.7 Å². The highest BCUT2D eigenvalue weighted by molar-refractivity contribution is 5.75. The average Bonchev–Trinajstić information content (AvgIpc) is 1.98. The molecule has 0 spiro atoms. The van der Waals surface area contributed by atoms with Crippen molar-refractivity contribution < 1.29 is 14.6 Å². The van der Waals surface area contributed by atoms with Gasteiger partial charge in [-0.15, -0.1) is 0 Å². The Hall–Kier alpha value is -0.870. The van der Waals surface area contributed by atoms with E-state index in [-0.39, 0.29) is 6.61 Å². The minimum absolute atomic E-state index is 0.131. The fourth-order valence-electron chi connectivity index (χ4n) is 0.323. The Morgan fingerprint density at radius 3 is 2.90 bits per heavy atom. The standard InChI is InChI=1S/C6H11NO3/c1-2-3-10-6(9)5(7)4-8/h2,5,8H,1,3-4,7H2. The van der Waals surface area contributed by atoms with Crippen molar-refractivity contribution in [2.45, 2.75) is 6.04 Å². The van der Waals surface area contributed by atoms with E-state index in [0.717, 1.165) is 0 Å². The summed E-state index contributed by atoms with van der Waals surface area (Å²) in [4.78, 5) is 10.6. The Balaban J connectivity index is 3.51. The summed E-state index contributed by atoms with van der Waals surface area (Å²) in [6.07, 6.45) is 1.43. The molecule has 1 unspecified atom stereocenters. The molecule has 4 heteroatoms. The Labute approximate surface area is 59.3 Å². The van der Waals surface area contributed by atoms with Gasteiger partial charge in [0, 0.05) is 0 Å². The third kappa shape index (κ3) is 3.21. The zero-order valence-electron chi connectivity index (χ0n) is 5.62. The van der Waals surface area contributed by atoms with Crippen LogP contribution >= 0.6 is 0 Å². The molecule has 10 heavy (non-hydrogen) atoms. The van der Waals surface area contributed by atoms with Crippen molar-refractivity contribution in [1.82, 2.24) is 0 Å². The van der Waals surface area contributed by atoms with Crippen LogP contribution in [0, 0.1) is 0 Å². The summed E-state index contributed by atoms with van der Waals surface area (Å²) < 4.78 is 4.50. The first-order valence-corrected chi connectivity index (χ1v) is 2.86. The summed E-state index contributed by atoms with van der Waals surface area (Å²) in [6.45, 7) is 3.08. The second kappa shape index (κ2) is 4.96. The summed E-state index contributed by atoms with van der Waals surface area (Å²) in [7, 11) is 0. The van der Waals surface area contributed by atoms with Gasteiger partial charge >= 0.3 is 5.97 Å². The summed E-state index contributed by atoms with van der Waals surface area (Å²) in [5.41, 5.74) is 5.10. The number of aliphatic hydroxyl groups is 1. The molecule has 0 aromatic rings. The van der Waals surface area contributed by atoms with E-state index in [9.17, 15) is 4.79 Å².